The van der Waals surface area contributed by atoms with Crippen LogP contribution in [0, 0.1) is 0 Å². The summed E-state index contributed by atoms with van der Waals surface area (Å²) in [7, 11) is 0. The van der Waals surface area contributed by atoms with E-state index in [1.807, 2.05) is 0 Å². The summed E-state index contributed by atoms with van der Waals surface area (Å²) < 4.78 is 0. The lowest BCUT2D eigenvalue weighted by atomic mass is 9.99. The van der Waals surface area contributed by atoms with E-state index < -0.39 is 0 Å². The molecule has 1 unspecified atom stereocenters. The summed E-state index contributed by atoms with van der Waals surface area (Å²) in [6, 6.07) is 8.68. The van der Waals surface area contributed by atoms with E-state index in [2.05, 4.69) is 36.1 Å². The molecule has 2 rings (SSSR count). The van der Waals surface area contributed by atoms with Gasteiger partial charge in [-0.05, 0) is 36.9 Å². The van der Waals surface area contributed by atoms with E-state index in [4.69, 9.17) is 5.73 Å². The van der Waals surface area contributed by atoms with Crippen LogP contribution >= 0.6 is 0 Å². The number of anilines is 1. The Balaban J connectivity index is 2.28. The Morgan fingerprint density at radius 3 is 2.60 bits per heavy atom. The molecule has 1 aliphatic rings. The molecule has 2 N–H and O–H groups in total. The second-order valence-electron chi connectivity index (χ2n) is 4.39. The minimum absolute atomic E-state index is 0.460. The smallest absolute Gasteiger partial charge is 0.0401 e. The molecule has 0 radical (unpaired) electrons. The van der Waals surface area contributed by atoms with Gasteiger partial charge in [-0.15, -0.1) is 0 Å². The molecule has 0 aliphatic carbocycles. The Morgan fingerprint density at radius 2 is 1.93 bits per heavy atom. The number of hydrogen-bond donors (Lipinski definition) is 1. The van der Waals surface area contributed by atoms with Gasteiger partial charge in [0, 0.05) is 18.8 Å². The molecule has 1 saturated heterocycles. The molecule has 1 heterocycles. The van der Waals surface area contributed by atoms with Crippen LogP contribution in [0.3, 0.4) is 0 Å². The summed E-state index contributed by atoms with van der Waals surface area (Å²) in [5, 5.41) is 0. The Kier molecular flexibility index (Phi) is 3.27. The topological polar surface area (TPSA) is 29.3 Å². The number of benzene rings is 1. The maximum Gasteiger partial charge on any atom is 0.0401 e. The zero-order valence-corrected chi connectivity index (χ0v) is 9.45. The third kappa shape index (κ3) is 2.15. The maximum atomic E-state index is 5.75. The molecule has 0 saturated carbocycles. The molecule has 1 aliphatic heterocycles. The highest BCUT2D eigenvalue weighted by molar-refractivity contribution is 5.55. The molecular weight excluding hydrogens is 184 g/mol. The van der Waals surface area contributed by atoms with Crippen LogP contribution in [0.5, 0.6) is 0 Å². The Labute approximate surface area is 92.1 Å². The van der Waals surface area contributed by atoms with Crippen LogP contribution in [0.2, 0.25) is 0 Å². The molecule has 0 spiro atoms. The molecule has 1 atom stereocenters. The predicted octanol–water partition coefficient (Wildman–Crippen LogP) is 2.35. The normalized spacial score (nSPS) is 18.1. The van der Waals surface area contributed by atoms with Gasteiger partial charge in [-0.25, -0.2) is 0 Å². The average Bonchev–Trinajstić information content (AvgIpc) is 2.81. The first-order valence-electron chi connectivity index (χ1n) is 5.87. The Bertz CT molecular complexity index is 316. The van der Waals surface area contributed by atoms with Crippen LogP contribution < -0.4 is 10.6 Å². The number of nitrogens with zero attached hydrogens (tertiary/aromatic N) is 1. The zero-order chi connectivity index (χ0) is 10.7. The summed E-state index contributed by atoms with van der Waals surface area (Å²) in [5.41, 5.74) is 8.55. The van der Waals surface area contributed by atoms with Gasteiger partial charge in [0.05, 0.1) is 0 Å². The van der Waals surface area contributed by atoms with Gasteiger partial charge < -0.3 is 10.6 Å². The van der Waals surface area contributed by atoms with Crippen LogP contribution in [0.25, 0.3) is 0 Å². The SMILES string of the molecule is CC(CN)c1ccccc1N1CCCC1. The minimum atomic E-state index is 0.460. The van der Waals surface area contributed by atoms with Crippen molar-refractivity contribution in [1.29, 1.82) is 0 Å². The van der Waals surface area contributed by atoms with Crippen molar-refractivity contribution in [3.05, 3.63) is 29.8 Å². The van der Waals surface area contributed by atoms with Crippen molar-refractivity contribution >= 4 is 5.69 Å². The fourth-order valence-electron chi connectivity index (χ4n) is 2.28. The highest BCUT2D eigenvalue weighted by Crippen LogP contribution is 2.29. The summed E-state index contributed by atoms with van der Waals surface area (Å²) in [6.45, 7) is 5.34. The van der Waals surface area contributed by atoms with E-state index in [0.717, 1.165) is 6.54 Å². The standard InChI is InChI=1S/C13H20N2/c1-11(10-14)12-6-2-3-7-13(12)15-8-4-5-9-15/h2-3,6-7,11H,4-5,8-10,14H2,1H3. The second kappa shape index (κ2) is 4.67. The second-order valence-corrected chi connectivity index (χ2v) is 4.39. The van der Waals surface area contributed by atoms with E-state index in [-0.39, 0.29) is 0 Å². The third-order valence-corrected chi connectivity index (χ3v) is 3.27. The van der Waals surface area contributed by atoms with E-state index in [9.17, 15) is 0 Å². The first kappa shape index (κ1) is 10.5. The number of nitrogens with two attached hydrogens (primary N) is 1. The van der Waals surface area contributed by atoms with Crippen molar-refractivity contribution in [3.8, 4) is 0 Å². The number of para-hydroxylation sites is 1. The van der Waals surface area contributed by atoms with Crippen LogP contribution in [0.4, 0.5) is 5.69 Å². The Morgan fingerprint density at radius 1 is 1.27 bits per heavy atom. The highest BCUT2D eigenvalue weighted by atomic mass is 15.1. The molecule has 2 heteroatoms. The van der Waals surface area contributed by atoms with E-state index >= 15 is 0 Å². The monoisotopic (exact) mass is 204 g/mol. The number of rotatable bonds is 3. The van der Waals surface area contributed by atoms with E-state index in [0.29, 0.717) is 5.92 Å². The lowest BCUT2D eigenvalue weighted by Crippen LogP contribution is -2.21. The third-order valence-electron chi connectivity index (χ3n) is 3.27. The van der Waals surface area contributed by atoms with Gasteiger partial charge in [0.15, 0.2) is 0 Å². The lowest BCUT2D eigenvalue weighted by Gasteiger charge is -2.23. The summed E-state index contributed by atoms with van der Waals surface area (Å²) in [6.07, 6.45) is 2.65. The summed E-state index contributed by atoms with van der Waals surface area (Å²) >= 11 is 0. The van der Waals surface area contributed by atoms with Gasteiger partial charge in [0.25, 0.3) is 0 Å². The van der Waals surface area contributed by atoms with Crippen LogP contribution in [0.1, 0.15) is 31.2 Å². The van der Waals surface area contributed by atoms with Crippen molar-refractivity contribution < 1.29 is 0 Å². The quantitative estimate of drug-likeness (QED) is 0.819. The van der Waals surface area contributed by atoms with Crippen molar-refractivity contribution in [1.82, 2.24) is 0 Å². The molecular formula is C13H20N2. The van der Waals surface area contributed by atoms with Crippen LogP contribution in [-0.2, 0) is 0 Å². The molecule has 1 aromatic carbocycles. The molecule has 15 heavy (non-hydrogen) atoms. The predicted molar refractivity (Wildman–Crippen MR) is 65.4 cm³/mol. The number of hydrogen-bond acceptors (Lipinski definition) is 2. The fourth-order valence-corrected chi connectivity index (χ4v) is 2.28. The van der Waals surface area contributed by atoms with Crippen LogP contribution in [-0.4, -0.2) is 19.6 Å². The fraction of sp³-hybridized carbons (Fsp3) is 0.538. The minimum Gasteiger partial charge on any atom is -0.371 e. The van der Waals surface area contributed by atoms with Gasteiger partial charge >= 0.3 is 0 Å². The first-order chi connectivity index (χ1) is 7.33. The van der Waals surface area contributed by atoms with Crippen molar-refractivity contribution in [2.45, 2.75) is 25.7 Å². The molecule has 0 amide bonds. The average molecular weight is 204 g/mol. The van der Waals surface area contributed by atoms with Gasteiger partial charge in [0.2, 0.25) is 0 Å². The summed E-state index contributed by atoms with van der Waals surface area (Å²) in [5.74, 6) is 0.460. The summed E-state index contributed by atoms with van der Waals surface area (Å²) in [4.78, 5) is 2.49. The van der Waals surface area contributed by atoms with Crippen molar-refractivity contribution in [3.63, 3.8) is 0 Å². The molecule has 2 nitrogen and oxygen atoms in total. The van der Waals surface area contributed by atoms with E-state index in [1.165, 1.54) is 37.2 Å². The lowest BCUT2D eigenvalue weighted by molar-refractivity contribution is 0.766. The highest BCUT2D eigenvalue weighted by Gasteiger charge is 2.17. The Hall–Kier alpha value is -1.02. The largest absolute Gasteiger partial charge is 0.371 e. The molecule has 0 bridgehead atoms. The molecule has 0 aromatic heterocycles. The molecule has 1 fully saturated rings. The van der Waals surface area contributed by atoms with E-state index in [1.54, 1.807) is 0 Å². The first-order valence-corrected chi connectivity index (χ1v) is 5.87. The van der Waals surface area contributed by atoms with Gasteiger partial charge in [-0.2, -0.15) is 0 Å². The van der Waals surface area contributed by atoms with Crippen molar-refractivity contribution in [2.75, 3.05) is 24.5 Å². The molecule has 1 aromatic rings. The van der Waals surface area contributed by atoms with Crippen LogP contribution in [0.15, 0.2) is 24.3 Å². The van der Waals surface area contributed by atoms with Gasteiger partial charge in [-0.3, -0.25) is 0 Å². The van der Waals surface area contributed by atoms with Gasteiger partial charge in [0.1, 0.15) is 0 Å². The van der Waals surface area contributed by atoms with Gasteiger partial charge in [-0.1, -0.05) is 25.1 Å². The van der Waals surface area contributed by atoms with Crippen molar-refractivity contribution in [2.24, 2.45) is 5.73 Å². The molecule has 82 valence electrons. The maximum absolute atomic E-state index is 5.75. The zero-order valence-electron chi connectivity index (χ0n) is 9.45.